The Balaban J connectivity index is 2.29. The number of hydrogen-bond acceptors (Lipinski definition) is 2. The summed E-state index contributed by atoms with van der Waals surface area (Å²) in [5, 5.41) is 9.31. The first-order valence-electron chi connectivity index (χ1n) is 9.78. The van der Waals surface area contributed by atoms with Crippen LogP contribution < -0.4 is 4.74 Å². The highest BCUT2D eigenvalue weighted by molar-refractivity contribution is 5.83. The Morgan fingerprint density at radius 2 is 1.62 bits per heavy atom. The Morgan fingerprint density at radius 1 is 0.931 bits per heavy atom. The Morgan fingerprint density at radius 3 is 2.21 bits per heavy atom. The topological polar surface area (TPSA) is 33.0 Å². The number of ether oxygens (including phenoxy) is 1. The molecule has 146 valence electrons. The molecule has 0 heterocycles. The van der Waals surface area contributed by atoms with Crippen LogP contribution in [-0.2, 0) is 6.42 Å². The van der Waals surface area contributed by atoms with Gasteiger partial charge in [0.15, 0.2) is 0 Å². The van der Waals surface area contributed by atoms with Gasteiger partial charge in [-0.3, -0.25) is 0 Å². The van der Waals surface area contributed by atoms with Crippen LogP contribution in [0.15, 0.2) is 60.7 Å². The van der Waals surface area contributed by atoms with Gasteiger partial charge in [-0.05, 0) is 84.3 Å². The van der Waals surface area contributed by atoms with Gasteiger partial charge >= 0.3 is 0 Å². The van der Waals surface area contributed by atoms with Gasteiger partial charge in [-0.2, -0.15) is 5.26 Å². The fourth-order valence-corrected chi connectivity index (χ4v) is 3.91. The summed E-state index contributed by atoms with van der Waals surface area (Å²) in [6.45, 7) is 12.4. The van der Waals surface area contributed by atoms with Crippen molar-refractivity contribution in [3.05, 3.63) is 88.5 Å². The van der Waals surface area contributed by atoms with Crippen LogP contribution in [0.5, 0.6) is 5.75 Å². The van der Waals surface area contributed by atoms with E-state index in [4.69, 9.17) is 4.74 Å². The second kappa shape index (κ2) is 8.37. The second-order valence-electron chi connectivity index (χ2n) is 7.66. The van der Waals surface area contributed by atoms with Crippen molar-refractivity contribution in [2.24, 2.45) is 0 Å². The van der Waals surface area contributed by atoms with E-state index in [1.54, 1.807) is 7.11 Å². The van der Waals surface area contributed by atoms with Crippen molar-refractivity contribution in [3.63, 3.8) is 0 Å². The molecule has 3 aromatic carbocycles. The summed E-state index contributed by atoms with van der Waals surface area (Å²) in [6, 6.07) is 19.3. The fraction of sp³-hybridized carbons (Fsp3) is 0.222. The van der Waals surface area contributed by atoms with E-state index >= 15 is 0 Å². The molecule has 29 heavy (non-hydrogen) atoms. The minimum atomic E-state index is 0.564. The number of allylic oxidation sites excluding steroid dienone is 1. The van der Waals surface area contributed by atoms with Crippen molar-refractivity contribution in [1.82, 2.24) is 0 Å². The fourth-order valence-electron chi connectivity index (χ4n) is 3.91. The van der Waals surface area contributed by atoms with Gasteiger partial charge in [0.25, 0.3) is 0 Å². The van der Waals surface area contributed by atoms with Crippen molar-refractivity contribution < 1.29 is 4.74 Å². The molecule has 0 aliphatic carbocycles. The molecule has 3 aromatic rings. The average Bonchev–Trinajstić information content (AvgIpc) is 2.71. The normalized spacial score (nSPS) is 10.5. The third-order valence-corrected chi connectivity index (χ3v) is 5.53. The van der Waals surface area contributed by atoms with E-state index in [0.717, 1.165) is 5.75 Å². The van der Waals surface area contributed by atoms with E-state index in [9.17, 15) is 5.26 Å². The smallest absolute Gasteiger partial charge is 0.119 e. The van der Waals surface area contributed by atoms with Crippen LogP contribution >= 0.6 is 0 Å². The number of rotatable bonds is 5. The number of aryl methyl sites for hydroxylation is 3. The lowest BCUT2D eigenvalue weighted by Crippen LogP contribution is -2.01. The third-order valence-electron chi connectivity index (χ3n) is 5.53. The molecule has 0 unspecified atom stereocenters. The van der Waals surface area contributed by atoms with Gasteiger partial charge in [0.05, 0.1) is 13.2 Å². The highest BCUT2D eigenvalue weighted by atomic mass is 16.5. The molecule has 3 rings (SSSR count). The molecule has 0 N–H and O–H groups in total. The van der Waals surface area contributed by atoms with Crippen molar-refractivity contribution in [1.29, 1.82) is 5.26 Å². The van der Waals surface area contributed by atoms with Crippen LogP contribution in [0, 0.1) is 39.0 Å². The van der Waals surface area contributed by atoms with Gasteiger partial charge in [0.2, 0.25) is 0 Å². The number of benzene rings is 3. The summed E-state index contributed by atoms with van der Waals surface area (Å²) in [7, 11) is 1.69. The zero-order chi connectivity index (χ0) is 21.1. The molecular weight excluding hydrogens is 354 g/mol. The Hall–Kier alpha value is -3.31. The number of hydrogen-bond donors (Lipinski definition) is 0. The Bertz CT molecular complexity index is 1110. The summed E-state index contributed by atoms with van der Waals surface area (Å²) in [5.74, 6) is 0.862. The van der Waals surface area contributed by atoms with E-state index in [1.165, 1.54) is 50.1 Å². The minimum Gasteiger partial charge on any atom is -0.497 e. The van der Waals surface area contributed by atoms with Crippen LogP contribution in [0.3, 0.4) is 0 Å². The highest BCUT2D eigenvalue weighted by Crippen LogP contribution is 2.39. The summed E-state index contributed by atoms with van der Waals surface area (Å²) < 4.78 is 5.38. The lowest BCUT2D eigenvalue weighted by Gasteiger charge is -2.21. The first-order valence-corrected chi connectivity index (χ1v) is 9.78. The summed E-state index contributed by atoms with van der Waals surface area (Å²) in [6.07, 6.45) is 0.564. The van der Waals surface area contributed by atoms with Crippen LogP contribution in [0.2, 0.25) is 0 Å². The van der Waals surface area contributed by atoms with Crippen molar-refractivity contribution >= 4 is 0 Å². The van der Waals surface area contributed by atoms with Gasteiger partial charge in [-0.1, -0.05) is 48.5 Å². The SMILES string of the molecule is C=C(C#N)Cc1c(C)cc(-c2ccc(OC)cc2C)c(C)c1-c1ccc(C)cc1. The molecule has 0 amide bonds. The zero-order valence-electron chi connectivity index (χ0n) is 17.9. The maximum Gasteiger partial charge on any atom is 0.119 e. The molecule has 0 spiro atoms. The van der Waals surface area contributed by atoms with Gasteiger partial charge in [-0.25, -0.2) is 0 Å². The molecule has 0 saturated carbocycles. The number of nitriles is 1. The summed E-state index contributed by atoms with van der Waals surface area (Å²) in [5.41, 5.74) is 11.3. The molecule has 2 heteroatoms. The average molecular weight is 382 g/mol. The minimum absolute atomic E-state index is 0.564. The van der Waals surface area contributed by atoms with Crippen LogP contribution in [-0.4, -0.2) is 7.11 Å². The van der Waals surface area contributed by atoms with E-state index in [-0.39, 0.29) is 0 Å². The molecule has 0 aliphatic heterocycles. The Kier molecular flexibility index (Phi) is 5.89. The molecule has 0 radical (unpaired) electrons. The van der Waals surface area contributed by atoms with E-state index in [2.05, 4.69) is 82.8 Å². The maximum atomic E-state index is 9.31. The van der Waals surface area contributed by atoms with E-state index < -0.39 is 0 Å². The monoisotopic (exact) mass is 381 g/mol. The van der Waals surface area contributed by atoms with Crippen LogP contribution in [0.25, 0.3) is 22.3 Å². The van der Waals surface area contributed by atoms with Crippen LogP contribution in [0.4, 0.5) is 0 Å². The third kappa shape index (κ3) is 4.10. The highest BCUT2D eigenvalue weighted by Gasteiger charge is 2.18. The summed E-state index contributed by atoms with van der Waals surface area (Å²) >= 11 is 0. The van der Waals surface area contributed by atoms with E-state index in [0.29, 0.717) is 12.0 Å². The molecule has 0 bridgehead atoms. The Labute approximate surface area is 174 Å². The first-order chi connectivity index (χ1) is 13.8. The lowest BCUT2D eigenvalue weighted by atomic mass is 9.83. The predicted octanol–water partition coefficient (Wildman–Crippen LogP) is 6.89. The number of methoxy groups -OCH3 is 1. The predicted molar refractivity (Wildman–Crippen MR) is 121 cm³/mol. The second-order valence-corrected chi connectivity index (χ2v) is 7.66. The van der Waals surface area contributed by atoms with Crippen molar-refractivity contribution in [2.75, 3.05) is 7.11 Å². The quantitative estimate of drug-likeness (QED) is 0.451. The molecule has 0 aromatic heterocycles. The molecule has 0 atom stereocenters. The lowest BCUT2D eigenvalue weighted by molar-refractivity contribution is 0.414. The first kappa shape index (κ1) is 20.4. The molecule has 0 aliphatic rings. The summed E-state index contributed by atoms with van der Waals surface area (Å²) in [4.78, 5) is 0. The molecule has 2 nitrogen and oxygen atoms in total. The van der Waals surface area contributed by atoms with Crippen molar-refractivity contribution in [3.8, 4) is 34.1 Å². The van der Waals surface area contributed by atoms with Gasteiger partial charge < -0.3 is 4.74 Å². The molecular formula is C27H27NO. The largest absolute Gasteiger partial charge is 0.497 e. The maximum absolute atomic E-state index is 9.31. The van der Waals surface area contributed by atoms with Gasteiger partial charge in [-0.15, -0.1) is 0 Å². The molecule has 0 fully saturated rings. The standard InChI is InChI=1S/C27H27NO/c1-17-7-9-22(10-8-17)27-21(5)26(15-20(4)25(27)13-18(2)16-28)24-12-11-23(29-6)14-19(24)3/h7-12,14-15H,2,13H2,1,3-6H3. The van der Waals surface area contributed by atoms with E-state index in [1.807, 2.05) is 6.07 Å². The van der Waals surface area contributed by atoms with Crippen LogP contribution in [0.1, 0.15) is 27.8 Å². The molecule has 0 saturated heterocycles. The van der Waals surface area contributed by atoms with Crippen molar-refractivity contribution in [2.45, 2.75) is 34.1 Å². The number of nitrogens with zero attached hydrogens (tertiary/aromatic N) is 1. The van der Waals surface area contributed by atoms with Gasteiger partial charge in [0, 0.05) is 12.0 Å². The van der Waals surface area contributed by atoms with Gasteiger partial charge in [0.1, 0.15) is 5.75 Å². The zero-order valence-corrected chi connectivity index (χ0v) is 17.9.